The van der Waals surface area contributed by atoms with Gasteiger partial charge in [0.1, 0.15) is 23.4 Å². The third-order valence-electron chi connectivity index (χ3n) is 7.17. The molecule has 0 aliphatic heterocycles. The summed E-state index contributed by atoms with van der Waals surface area (Å²) >= 11 is 0. The molecule has 0 radical (unpaired) electrons. The van der Waals surface area contributed by atoms with Gasteiger partial charge in [-0.05, 0) is 44.4 Å². The summed E-state index contributed by atoms with van der Waals surface area (Å²) < 4.78 is 16.1. The zero-order chi connectivity index (χ0) is 24.6. The number of aromatic nitrogens is 2. The zero-order valence-corrected chi connectivity index (χ0v) is 19.3. The molecule has 4 N–H and O–H groups in total. The van der Waals surface area contributed by atoms with E-state index in [1.807, 2.05) is 0 Å². The molecule has 2 bridgehead atoms. The molecule has 11 nitrogen and oxygen atoms in total. The van der Waals surface area contributed by atoms with Crippen molar-refractivity contribution in [2.24, 2.45) is 5.92 Å². The number of benzene rings is 1. The van der Waals surface area contributed by atoms with Crippen LogP contribution < -0.4 is 20.1 Å². The molecule has 2 aromatic rings. The number of hydrogen-bond donors (Lipinski definition) is 4. The van der Waals surface area contributed by atoms with Crippen LogP contribution in [-0.2, 0) is 9.53 Å². The Morgan fingerprint density at radius 1 is 1.26 bits per heavy atom. The molecule has 11 heteroatoms. The molecule has 2 amide bonds. The molecule has 4 fully saturated rings. The second-order valence-electron chi connectivity index (χ2n) is 9.64. The van der Waals surface area contributed by atoms with Gasteiger partial charge in [-0.1, -0.05) is 0 Å². The maximum atomic E-state index is 12.3. The van der Waals surface area contributed by atoms with E-state index >= 15 is 0 Å². The van der Waals surface area contributed by atoms with Crippen molar-refractivity contribution < 1.29 is 33.7 Å². The smallest absolute Gasteiger partial charge is 0.407 e. The number of nitrogens with zero attached hydrogens (tertiary/aromatic N) is 1. The molecule has 0 spiro atoms. The van der Waals surface area contributed by atoms with Crippen LogP contribution in [-0.4, -0.2) is 59.0 Å². The predicted molar refractivity (Wildman–Crippen MR) is 123 cm³/mol. The molecule has 4 saturated carbocycles. The van der Waals surface area contributed by atoms with Gasteiger partial charge < -0.3 is 30.0 Å². The van der Waals surface area contributed by atoms with E-state index in [4.69, 9.17) is 14.2 Å². The van der Waals surface area contributed by atoms with E-state index in [1.165, 1.54) is 19.2 Å². The molecule has 1 heterocycles. The van der Waals surface area contributed by atoms with Gasteiger partial charge in [-0.25, -0.2) is 4.79 Å². The lowest BCUT2D eigenvalue weighted by Gasteiger charge is -2.61. The fourth-order valence-electron chi connectivity index (χ4n) is 5.23. The summed E-state index contributed by atoms with van der Waals surface area (Å²) in [6, 6.07) is 4.45. The van der Waals surface area contributed by atoms with Crippen molar-refractivity contribution >= 4 is 24.1 Å². The molecule has 6 rings (SSSR count). The molecular formula is C24H28N4O7. The minimum absolute atomic E-state index is 0.00171. The van der Waals surface area contributed by atoms with Gasteiger partial charge in [0, 0.05) is 35.3 Å². The van der Waals surface area contributed by atoms with Gasteiger partial charge in [-0.3, -0.25) is 14.7 Å². The van der Waals surface area contributed by atoms with E-state index in [1.54, 1.807) is 6.07 Å². The van der Waals surface area contributed by atoms with Gasteiger partial charge in [-0.15, -0.1) is 0 Å². The number of amides is 2. The predicted octanol–water partition coefficient (Wildman–Crippen LogP) is 2.87. The van der Waals surface area contributed by atoms with Gasteiger partial charge in [0.2, 0.25) is 0 Å². The standard InChI is InChI=1S/C24H28N4O7/c1-33-16-5-19(30)17(11-29)20(6-16)34-12-22(31)25-21-7-18(27-28-21)14-2-3-15(4-14)35-23(32)26-24-8-13(9-24)10-24/h5-7,11,13-15,30H,2-4,8-10,12H2,1H3,(H,26,32)(H2,25,27,28,31)/t13?,14-,15+,24?/m0/s1. The summed E-state index contributed by atoms with van der Waals surface area (Å²) in [5, 5.41) is 22.7. The Balaban J connectivity index is 1.10. The number of aromatic amines is 1. The summed E-state index contributed by atoms with van der Waals surface area (Å²) in [5.74, 6) is 0.802. The number of aromatic hydroxyl groups is 1. The number of phenols is 1. The lowest BCUT2D eigenvalue weighted by molar-refractivity contribution is -0.118. The first-order valence-electron chi connectivity index (χ1n) is 11.7. The number of anilines is 1. The quantitative estimate of drug-likeness (QED) is 0.397. The number of nitrogens with one attached hydrogen (secondary N) is 3. The molecule has 0 saturated heterocycles. The molecule has 2 atom stereocenters. The second kappa shape index (κ2) is 9.12. The van der Waals surface area contributed by atoms with Crippen molar-refractivity contribution in [1.82, 2.24) is 15.5 Å². The van der Waals surface area contributed by atoms with E-state index in [0.29, 0.717) is 18.5 Å². The van der Waals surface area contributed by atoms with Gasteiger partial charge >= 0.3 is 6.09 Å². The molecule has 1 aromatic heterocycles. The number of methoxy groups -OCH3 is 1. The van der Waals surface area contributed by atoms with Crippen molar-refractivity contribution in [1.29, 1.82) is 0 Å². The van der Waals surface area contributed by atoms with Crippen molar-refractivity contribution in [3.05, 3.63) is 29.5 Å². The minimum Gasteiger partial charge on any atom is -0.507 e. The van der Waals surface area contributed by atoms with E-state index in [-0.39, 0.29) is 46.5 Å². The first-order valence-corrected chi connectivity index (χ1v) is 11.7. The van der Waals surface area contributed by atoms with E-state index in [9.17, 15) is 19.5 Å². The largest absolute Gasteiger partial charge is 0.507 e. The van der Waals surface area contributed by atoms with E-state index in [2.05, 4.69) is 20.8 Å². The average molecular weight is 485 g/mol. The average Bonchev–Trinajstić information content (AvgIpc) is 3.43. The topological polar surface area (TPSA) is 152 Å². The highest BCUT2D eigenvalue weighted by Gasteiger charge is 2.57. The van der Waals surface area contributed by atoms with Crippen LogP contribution in [0.4, 0.5) is 10.6 Å². The highest BCUT2D eigenvalue weighted by Crippen LogP contribution is 2.57. The van der Waals surface area contributed by atoms with Crippen LogP contribution in [0.15, 0.2) is 18.2 Å². The monoisotopic (exact) mass is 484 g/mol. The lowest BCUT2D eigenvalue weighted by atomic mass is 9.50. The molecule has 4 aliphatic rings. The summed E-state index contributed by atoms with van der Waals surface area (Å²) in [6.07, 6.45) is 5.50. The number of rotatable bonds is 9. The Labute approximate surface area is 201 Å². The van der Waals surface area contributed by atoms with E-state index in [0.717, 1.165) is 43.7 Å². The van der Waals surface area contributed by atoms with Crippen LogP contribution in [0.2, 0.25) is 0 Å². The highest BCUT2D eigenvalue weighted by molar-refractivity contribution is 5.91. The SMILES string of the molecule is COc1cc(O)c(C=O)c(OCC(=O)Nc2cc([C@H]3CC[C@@H](OC(=O)NC45CC(C4)C5)C3)[nH]n2)c1. The second-order valence-corrected chi connectivity index (χ2v) is 9.64. The molecule has 186 valence electrons. The van der Waals surface area contributed by atoms with Crippen molar-refractivity contribution in [3.63, 3.8) is 0 Å². The van der Waals surface area contributed by atoms with Crippen molar-refractivity contribution in [3.8, 4) is 17.2 Å². The molecule has 1 aromatic carbocycles. The third kappa shape index (κ3) is 4.75. The summed E-state index contributed by atoms with van der Waals surface area (Å²) in [6.45, 7) is -0.396. The molecule has 35 heavy (non-hydrogen) atoms. The van der Waals surface area contributed by atoms with Gasteiger partial charge in [0.25, 0.3) is 5.91 Å². The Morgan fingerprint density at radius 2 is 2.06 bits per heavy atom. The number of H-pyrrole nitrogens is 1. The third-order valence-corrected chi connectivity index (χ3v) is 7.17. The maximum absolute atomic E-state index is 12.3. The van der Waals surface area contributed by atoms with Crippen LogP contribution >= 0.6 is 0 Å². The number of alkyl carbamates (subject to hydrolysis) is 1. The first kappa shape index (κ1) is 23.0. The number of carbonyl (C=O) groups excluding carboxylic acids is 3. The van der Waals surface area contributed by atoms with Crippen LogP contribution in [0.5, 0.6) is 17.2 Å². The van der Waals surface area contributed by atoms with Crippen LogP contribution in [0.3, 0.4) is 0 Å². The van der Waals surface area contributed by atoms with E-state index < -0.39 is 12.5 Å². The Bertz CT molecular complexity index is 1130. The highest BCUT2D eigenvalue weighted by atomic mass is 16.6. The number of aldehydes is 1. The van der Waals surface area contributed by atoms with Gasteiger partial charge in [-0.2, -0.15) is 5.10 Å². The van der Waals surface area contributed by atoms with Gasteiger partial charge in [0.05, 0.1) is 12.7 Å². The number of phenolic OH excluding ortho intramolecular Hbond substituents is 1. The summed E-state index contributed by atoms with van der Waals surface area (Å²) in [7, 11) is 1.41. The number of ether oxygens (including phenoxy) is 3. The van der Waals surface area contributed by atoms with Crippen LogP contribution in [0.25, 0.3) is 0 Å². The Hall–Kier alpha value is -3.76. The first-order chi connectivity index (χ1) is 16.9. The number of carbonyl (C=O) groups is 3. The van der Waals surface area contributed by atoms with Gasteiger partial charge in [0.15, 0.2) is 18.7 Å². The molecule has 0 unspecified atom stereocenters. The fraction of sp³-hybridized carbons (Fsp3) is 0.500. The van der Waals surface area contributed by atoms with Crippen molar-refractivity contribution in [2.75, 3.05) is 19.0 Å². The van der Waals surface area contributed by atoms with Crippen LogP contribution in [0, 0.1) is 5.92 Å². The summed E-state index contributed by atoms with van der Waals surface area (Å²) in [4.78, 5) is 35.8. The van der Waals surface area contributed by atoms with Crippen LogP contribution in [0.1, 0.15) is 60.5 Å². The minimum atomic E-state index is -0.486. The normalized spacial score (nSPS) is 26.1. The summed E-state index contributed by atoms with van der Waals surface area (Å²) in [5.41, 5.74) is 0.784. The number of hydrogen-bond acceptors (Lipinski definition) is 8. The zero-order valence-electron chi connectivity index (χ0n) is 19.3. The lowest BCUT2D eigenvalue weighted by Crippen LogP contribution is -2.68. The fourth-order valence-corrected chi connectivity index (χ4v) is 5.23. The Morgan fingerprint density at radius 3 is 2.74 bits per heavy atom. The Kier molecular flexibility index (Phi) is 6.00. The molecular weight excluding hydrogens is 456 g/mol. The molecule has 4 aliphatic carbocycles. The maximum Gasteiger partial charge on any atom is 0.407 e. The van der Waals surface area contributed by atoms with Crippen molar-refractivity contribution in [2.45, 2.75) is 56.1 Å².